The lowest BCUT2D eigenvalue weighted by atomic mass is 10.2. The summed E-state index contributed by atoms with van der Waals surface area (Å²) in [6.07, 6.45) is 0. The van der Waals surface area contributed by atoms with Gasteiger partial charge in [-0.05, 0) is 55.0 Å². The fraction of sp³-hybridized carbons (Fsp3) is 0.125. The molecule has 0 aliphatic rings. The second kappa shape index (κ2) is 10.0. The Morgan fingerprint density at radius 2 is 1.74 bits per heavy atom. The molecule has 4 aromatic rings. The molecule has 8 nitrogen and oxygen atoms in total. The lowest BCUT2D eigenvalue weighted by Gasteiger charge is -2.25. The van der Waals surface area contributed by atoms with Crippen LogP contribution in [-0.2, 0) is 16.6 Å². The minimum absolute atomic E-state index is 0.000318. The van der Waals surface area contributed by atoms with Gasteiger partial charge in [0.1, 0.15) is 10.8 Å². The van der Waals surface area contributed by atoms with Crippen LogP contribution in [0.2, 0.25) is 0 Å². The predicted octanol–water partition coefficient (Wildman–Crippen LogP) is 4.50. The third kappa shape index (κ3) is 5.24. The summed E-state index contributed by atoms with van der Waals surface area (Å²) < 4.78 is 34.1. The van der Waals surface area contributed by atoms with Crippen molar-refractivity contribution in [3.05, 3.63) is 95.0 Å². The van der Waals surface area contributed by atoms with Crippen LogP contribution in [0.3, 0.4) is 0 Å². The molecule has 0 atom stereocenters. The van der Waals surface area contributed by atoms with E-state index >= 15 is 0 Å². The van der Waals surface area contributed by atoms with Gasteiger partial charge < -0.3 is 4.74 Å². The SMILES string of the molecule is COc1ccc(N(Cc2ccccc2)S(=O)(=O)c2cccc(C(=O)Nc3nnc(C)s3)c2)cc1. The molecule has 0 aliphatic carbocycles. The number of amides is 1. The number of carbonyl (C=O) groups is 1. The zero-order valence-electron chi connectivity index (χ0n) is 18.5. The maximum Gasteiger partial charge on any atom is 0.264 e. The molecule has 0 bridgehead atoms. The number of benzene rings is 3. The first kappa shape index (κ1) is 23.4. The molecule has 1 heterocycles. The Kier molecular flexibility index (Phi) is 6.90. The van der Waals surface area contributed by atoms with E-state index in [4.69, 9.17) is 4.74 Å². The van der Waals surface area contributed by atoms with Gasteiger partial charge in [0.05, 0.1) is 24.2 Å². The van der Waals surface area contributed by atoms with E-state index in [0.717, 1.165) is 5.56 Å². The smallest absolute Gasteiger partial charge is 0.264 e. The summed E-state index contributed by atoms with van der Waals surface area (Å²) in [5.41, 5.74) is 1.49. The summed E-state index contributed by atoms with van der Waals surface area (Å²) >= 11 is 1.24. The van der Waals surface area contributed by atoms with Gasteiger partial charge in [-0.25, -0.2) is 8.42 Å². The summed E-state index contributed by atoms with van der Waals surface area (Å²) in [6, 6.07) is 22.0. The second-order valence-electron chi connectivity index (χ2n) is 7.30. The van der Waals surface area contributed by atoms with Crippen LogP contribution in [0.15, 0.2) is 83.8 Å². The summed E-state index contributed by atoms with van der Waals surface area (Å²) in [5.74, 6) is 0.152. The van der Waals surface area contributed by atoms with E-state index in [-0.39, 0.29) is 17.0 Å². The third-order valence-electron chi connectivity index (χ3n) is 4.96. The van der Waals surface area contributed by atoms with Gasteiger partial charge in [-0.15, -0.1) is 10.2 Å². The average molecular weight is 495 g/mol. The highest BCUT2D eigenvalue weighted by Gasteiger charge is 2.26. The predicted molar refractivity (Wildman–Crippen MR) is 132 cm³/mol. The van der Waals surface area contributed by atoms with Crippen LogP contribution in [0.4, 0.5) is 10.8 Å². The van der Waals surface area contributed by atoms with Crippen LogP contribution in [0.1, 0.15) is 20.9 Å². The number of methoxy groups -OCH3 is 1. The standard InChI is InChI=1S/C24H22N4O4S2/c1-17-26-27-24(33-17)25-23(29)19-9-6-10-22(15-19)34(30,31)28(16-18-7-4-3-5-8-18)20-11-13-21(32-2)14-12-20/h3-15H,16H2,1-2H3,(H,25,27,29). The lowest BCUT2D eigenvalue weighted by Crippen LogP contribution is -2.30. The number of anilines is 2. The minimum Gasteiger partial charge on any atom is -0.497 e. The van der Waals surface area contributed by atoms with Gasteiger partial charge in [-0.3, -0.25) is 14.4 Å². The number of hydrogen-bond acceptors (Lipinski definition) is 7. The molecule has 0 spiro atoms. The Bertz CT molecular complexity index is 1390. The third-order valence-corrected chi connectivity index (χ3v) is 7.48. The number of sulfonamides is 1. The summed E-state index contributed by atoms with van der Waals surface area (Å²) in [6.45, 7) is 1.90. The highest BCUT2D eigenvalue weighted by molar-refractivity contribution is 7.92. The maximum atomic E-state index is 13.8. The van der Waals surface area contributed by atoms with Crippen molar-refractivity contribution in [1.82, 2.24) is 10.2 Å². The molecule has 0 saturated heterocycles. The van der Waals surface area contributed by atoms with Crippen molar-refractivity contribution in [3.8, 4) is 5.75 Å². The van der Waals surface area contributed by atoms with E-state index in [2.05, 4.69) is 15.5 Å². The van der Waals surface area contributed by atoms with Crippen molar-refractivity contribution < 1.29 is 17.9 Å². The summed E-state index contributed by atoms with van der Waals surface area (Å²) in [5, 5.41) is 11.5. The van der Waals surface area contributed by atoms with Crippen LogP contribution < -0.4 is 14.4 Å². The zero-order chi connectivity index (χ0) is 24.1. The quantitative estimate of drug-likeness (QED) is 0.387. The molecule has 1 amide bonds. The number of nitrogens with zero attached hydrogens (tertiary/aromatic N) is 3. The topological polar surface area (TPSA) is 101 Å². The molecule has 3 aromatic carbocycles. The van der Waals surface area contributed by atoms with Crippen molar-refractivity contribution in [2.75, 3.05) is 16.7 Å². The molecule has 174 valence electrons. The molecule has 0 fully saturated rings. The van der Waals surface area contributed by atoms with E-state index in [9.17, 15) is 13.2 Å². The molecule has 0 aliphatic heterocycles. The fourth-order valence-corrected chi connectivity index (χ4v) is 5.34. The highest BCUT2D eigenvalue weighted by atomic mass is 32.2. The van der Waals surface area contributed by atoms with Gasteiger partial charge in [0.15, 0.2) is 0 Å². The Labute approximate surface area is 201 Å². The monoisotopic (exact) mass is 494 g/mol. The lowest BCUT2D eigenvalue weighted by molar-refractivity contribution is 0.102. The first-order valence-electron chi connectivity index (χ1n) is 10.3. The number of nitrogens with one attached hydrogen (secondary N) is 1. The van der Waals surface area contributed by atoms with Gasteiger partial charge in [-0.2, -0.15) is 0 Å². The first-order valence-corrected chi connectivity index (χ1v) is 12.5. The summed E-state index contributed by atoms with van der Waals surface area (Å²) in [7, 11) is -2.46. The van der Waals surface area contributed by atoms with Crippen molar-refractivity contribution in [2.24, 2.45) is 0 Å². The zero-order valence-corrected chi connectivity index (χ0v) is 20.1. The molecule has 1 N–H and O–H groups in total. The van der Waals surface area contributed by atoms with Crippen molar-refractivity contribution in [2.45, 2.75) is 18.4 Å². The van der Waals surface area contributed by atoms with E-state index in [1.54, 1.807) is 50.4 Å². The highest BCUT2D eigenvalue weighted by Crippen LogP contribution is 2.28. The van der Waals surface area contributed by atoms with Crippen LogP contribution in [-0.4, -0.2) is 31.6 Å². The Morgan fingerprint density at radius 3 is 2.38 bits per heavy atom. The van der Waals surface area contributed by atoms with Gasteiger partial charge in [0, 0.05) is 5.56 Å². The molecular weight excluding hydrogens is 472 g/mol. The first-order chi connectivity index (χ1) is 16.4. The van der Waals surface area contributed by atoms with Crippen LogP contribution in [0.25, 0.3) is 0 Å². The van der Waals surface area contributed by atoms with Crippen LogP contribution in [0.5, 0.6) is 5.75 Å². The number of carbonyl (C=O) groups excluding carboxylic acids is 1. The number of rotatable bonds is 8. The Balaban J connectivity index is 1.69. The molecule has 0 radical (unpaired) electrons. The van der Waals surface area contributed by atoms with Crippen molar-refractivity contribution >= 4 is 38.1 Å². The van der Waals surface area contributed by atoms with Gasteiger partial charge in [0.25, 0.3) is 15.9 Å². The number of aromatic nitrogens is 2. The minimum atomic E-state index is -4.01. The van der Waals surface area contributed by atoms with E-state index in [1.165, 1.54) is 27.8 Å². The Hall–Kier alpha value is -3.76. The van der Waals surface area contributed by atoms with Gasteiger partial charge in [-0.1, -0.05) is 47.7 Å². The number of aryl methyl sites for hydroxylation is 1. The molecule has 4 rings (SSSR count). The van der Waals surface area contributed by atoms with Gasteiger partial charge in [0.2, 0.25) is 5.13 Å². The molecular formula is C24H22N4O4S2. The van der Waals surface area contributed by atoms with Gasteiger partial charge >= 0.3 is 0 Å². The van der Waals surface area contributed by atoms with Crippen molar-refractivity contribution in [3.63, 3.8) is 0 Å². The molecule has 10 heteroatoms. The normalized spacial score (nSPS) is 11.1. The van der Waals surface area contributed by atoms with Crippen LogP contribution in [0, 0.1) is 6.92 Å². The molecule has 1 aromatic heterocycles. The molecule has 0 saturated carbocycles. The van der Waals surface area contributed by atoms with E-state index in [1.807, 2.05) is 30.3 Å². The van der Waals surface area contributed by atoms with Crippen LogP contribution >= 0.6 is 11.3 Å². The maximum absolute atomic E-state index is 13.8. The summed E-state index contributed by atoms with van der Waals surface area (Å²) in [4.78, 5) is 12.7. The Morgan fingerprint density at radius 1 is 1.00 bits per heavy atom. The number of ether oxygens (including phenoxy) is 1. The number of hydrogen-bond donors (Lipinski definition) is 1. The molecule has 0 unspecified atom stereocenters. The van der Waals surface area contributed by atoms with E-state index < -0.39 is 15.9 Å². The van der Waals surface area contributed by atoms with Crippen molar-refractivity contribution in [1.29, 1.82) is 0 Å². The average Bonchev–Trinajstić information content (AvgIpc) is 3.27. The second-order valence-corrected chi connectivity index (χ2v) is 10.3. The van der Waals surface area contributed by atoms with E-state index in [0.29, 0.717) is 21.6 Å². The molecule has 34 heavy (non-hydrogen) atoms. The largest absolute Gasteiger partial charge is 0.497 e. The fourth-order valence-electron chi connectivity index (χ4n) is 3.25.